The number of nitrogens with one attached hydrogen (secondary N) is 1. The maximum Gasteiger partial charge on any atom is 0.252 e. The summed E-state index contributed by atoms with van der Waals surface area (Å²) in [5.74, 6) is 1.27. The molecule has 0 saturated carbocycles. The van der Waals surface area contributed by atoms with Crippen molar-refractivity contribution in [1.29, 1.82) is 0 Å². The minimum atomic E-state index is -0.410. The fourth-order valence-corrected chi connectivity index (χ4v) is 3.01. The Hall–Kier alpha value is -4.01. The molecule has 2 heterocycles. The van der Waals surface area contributed by atoms with Gasteiger partial charge in [0, 0.05) is 25.0 Å². The third kappa shape index (κ3) is 3.84. The summed E-state index contributed by atoms with van der Waals surface area (Å²) in [7, 11) is 3.51. The van der Waals surface area contributed by atoms with E-state index in [0.29, 0.717) is 5.56 Å². The average molecular weight is 389 g/mol. The number of aromatic nitrogens is 6. The van der Waals surface area contributed by atoms with Gasteiger partial charge < -0.3 is 14.6 Å². The smallest absolute Gasteiger partial charge is 0.252 e. The summed E-state index contributed by atoms with van der Waals surface area (Å²) < 4.78 is 8.64. The van der Waals surface area contributed by atoms with Gasteiger partial charge in [-0.25, -0.2) is 9.67 Å². The molecule has 0 radical (unpaired) electrons. The Morgan fingerprint density at radius 3 is 2.45 bits per heavy atom. The molecule has 1 unspecified atom stereocenters. The molecule has 0 spiro atoms. The lowest BCUT2D eigenvalue weighted by molar-refractivity contribution is 0.0941. The first-order chi connectivity index (χ1) is 14.2. The molecule has 4 aromatic rings. The maximum atomic E-state index is 12.9. The second-order valence-corrected chi connectivity index (χ2v) is 6.38. The zero-order valence-electron chi connectivity index (χ0n) is 15.9. The first-order valence-electron chi connectivity index (χ1n) is 8.91. The molecule has 2 aromatic carbocycles. The molecule has 1 atom stereocenters. The number of methoxy groups -OCH3 is 1. The number of carbonyl (C=O) groups is 1. The molecule has 0 aliphatic carbocycles. The number of benzene rings is 2. The number of carbonyl (C=O) groups excluding carboxylic acids is 1. The third-order valence-electron chi connectivity index (χ3n) is 4.58. The van der Waals surface area contributed by atoms with E-state index < -0.39 is 6.04 Å². The average Bonchev–Trinajstić information content (AvgIpc) is 3.44. The molecule has 0 saturated heterocycles. The molecule has 0 fully saturated rings. The lowest BCUT2D eigenvalue weighted by atomic mass is 10.0. The number of hydrogen-bond acceptors (Lipinski definition) is 6. The van der Waals surface area contributed by atoms with E-state index in [2.05, 4.69) is 25.8 Å². The molecule has 29 heavy (non-hydrogen) atoms. The van der Waals surface area contributed by atoms with E-state index >= 15 is 0 Å². The molecule has 0 bridgehead atoms. The number of aryl methyl sites for hydroxylation is 1. The summed E-state index contributed by atoms with van der Waals surface area (Å²) in [5, 5.41) is 14.1. The fraction of sp³-hybridized carbons (Fsp3) is 0.150. The van der Waals surface area contributed by atoms with Crippen molar-refractivity contribution >= 4 is 5.91 Å². The van der Waals surface area contributed by atoms with Crippen LogP contribution in [0.3, 0.4) is 0 Å². The molecule has 1 N–H and O–H groups in total. The number of rotatable bonds is 6. The monoisotopic (exact) mass is 389 g/mol. The molecular formula is C20H19N7O2. The molecular weight excluding hydrogens is 370 g/mol. The number of imidazole rings is 1. The second-order valence-electron chi connectivity index (χ2n) is 6.38. The van der Waals surface area contributed by atoms with Gasteiger partial charge in [-0.05, 0) is 52.4 Å². The third-order valence-corrected chi connectivity index (χ3v) is 4.58. The summed E-state index contributed by atoms with van der Waals surface area (Å²) in [6.07, 6.45) is 5.05. The van der Waals surface area contributed by atoms with Crippen LogP contribution in [0.4, 0.5) is 0 Å². The molecule has 9 nitrogen and oxygen atoms in total. The van der Waals surface area contributed by atoms with Crippen LogP contribution in [0.1, 0.15) is 27.8 Å². The van der Waals surface area contributed by atoms with Crippen molar-refractivity contribution in [2.75, 3.05) is 7.11 Å². The zero-order chi connectivity index (χ0) is 20.2. The minimum absolute atomic E-state index is 0.211. The summed E-state index contributed by atoms with van der Waals surface area (Å²) in [6, 6.07) is 14.2. The van der Waals surface area contributed by atoms with E-state index in [-0.39, 0.29) is 5.91 Å². The van der Waals surface area contributed by atoms with Crippen molar-refractivity contribution in [3.63, 3.8) is 0 Å². The molecule has 146 valence electrons. The molecule has 0 aliphatic heterocycles. The lowest BCUT2D eigenvalue weighted by Gasteiger charge is -2.19. The van der Waals surface area contributed by atoms with Crippen LogP contribution in [0.15, 0.2) is 67.3 Å². The number of ether oxygens (including phenoxy) is 1. The van der Waals surface area contributed by atoms with Gasteiger partial charge in [-0.15, -0.1) is 5.10 Å². The van der Waals surface area contributed by atoms with Gasteiger partial charge in [0.1, 0.15) is 23.9 Å². The van der Waals surface area contributed by atoms with Gasteiger partial charge in [-0.3, -0.25) is 4.79 Å². The number of tetrazole rings is 1. The Balaban J connectivity index is 1.60. The van der Waals surface area contributed by atoms with Gasteiger partial charge in [0.2, 0.25) is 0 Å². The van der Waals surface area contributed by atoms with Crippen LogP contribution < -0.4 is 10.1 Å². The first-order valence-corrected chi connectivity index (χ1v) is 8.91. The molecule has 2 aromatic heterocycles. The van der Waals surface area contributed by atoms with Crippen LogP contribution in [0.5, 0.6) is 5.75 Å². The van der Waals surface area contributed by atoms with E-state index in [4.69, 9.17) is 4.74 Å². The largest absolute Gasteiger partial charge is 0.497 e. The summed E-state index contributed by atoms with van der Waals surface area (Å²) in [4.78, 5) is 17.4. The topological polar surface area (TPSA) is 99.8 Å². The van der Waals surface area contributed by atoms with E-state index in [1.165, 1.54) is 11.0 Å². The van der Waals surface area contributed by atoms with Crippen LogP contribution in [-0.4, -0.2) is 42.8 Å². The van der Waals surface area contributed by atoms with Crippen molar-refractivity contribution in [3.05, 3.63) is 84.2 Å². The fourth-order valence-electron chi connectivity index (χ4n) is 3.01. The number of amides is 1. The highest BCUT2D eigenvalue weighted by atomic mass is 16.5. The van der Waals surface area contributed by atoms with Gasteiger partial charge in [0.25, 0.3) is 5.91 Å². The lowest BCUT2D eigenvalue weighted by Crippen LogP contribution is -2.31. The summed E-state index contributed by atoms with van der Waals surface area (Å²) in [5.41, 5.74) is 2.19. The van der Waals surface area contributed by atoms with Crippen LogP contribution >= 0.6 is 0 Å². The van der Waals surface area contributed by atoms with Crippen molar-refractivity contribution in [3.8, 4) is 11.4 Å². The van der Waals surface area contributed by atoms with Gasteiger partial charge >= 0.3 is 0 Å². The highest BCUT2D eigenvalue weighted by Crippen LogP contribution is 2.23. The van der Waals surface area contributed by atoms with Crippen molar-refractivity contribution < 1.29 is 9.53 Å². The van der Waals surface area contributed by atoms with Gasteiger partial charge in [-0.1, -0.05) is 12.1 Å². The molecule has 9 heteroatoms. The zero-order valence-corrected chi connectivity index (χ0v) is 15.9. The van der Waals surface area contributed by atoms with Crippen molar-refractivity contribution in [1.82, 2.24) is 35.1 Å². The summed E-state index contributed by atoms with van der Waals surface area (Å²) >= 11 is 0. The van der Waals surface area contributed by atoms with Crippen molar-refractivity contribution in [2.45, 2.75) is 6.04 Å². The number of nitrogens with zero attached hydrogens (tertiary/aromatic N) is 6. The Bertz CT molecular complexity index is 1090. The number of hydrogen-bond donors (Lipinski definition) is 1. The van der Waals surface area contributed by atoms with Gasteiger partial charge in [0.05, 0.1) is 12.8 Å². The van der Waals surface area contributed by atoms with E-state index in [9.17, 15) is 4.79 Å². The maximum absolute atomic E-state index is 12.9. The van der Waals surface area contributed by atoms with Crippen LogP contribution in [0.2, 0.25) is 0 Å². The Labute approximate surface area is 167 Å². The molecule has 0 aliphatic rings. The quantitative estimate of drug-likeness (QED) is 0.541. The van der Waals surface area contributed by atoms with Gasteiger partial charge in [0.15, 0.2) is 0 Å². The van der Waals surface area contributed by atoms with E-state index in [1.807, 2.05) is 42.1 Å². The predicted octanol–water partition coefficient (Wildman–Crippen LogP) is 1.92. The highest BCUT2D eigenvalue weighted by Gasteiger charge is 2.21. The van der Waals surface area contributed by atoms with Gasteiger partial charge in [-0.2, -0.15) is 0 Å². The molecule has 4 rings (SSSR count). The normalized spacial score (nSPS) is 11.8. The first kappa shape index (κ1) is 18.4. The Kier molecular flexibility index (Phi) is 5.02. The second kappa shape index (κ2) is 7.93. The summed E-state index contributed by atoms with van der Waals surface area (Å²) in [6.45, 7) is 0. The molecule has 1 amide bonds. The van der Waals surface area contributed by atoms with Crippen LogP contribution in [-0.2, 0) is 7.05 Å². The van der Waals surface area contributed by atoms with Crippen LogP contribution in [0.25, 0.3) is 5.69 Å². The highest BCUT2D eigenvalue weighted by molar-refractivity contribution is 5.94. The van der Waals surface area contributed by atoms with Crippen molar-refractivity contribution in [2.24, 2.45) is 7.05 Å². The Morgan fingerprint density at radius 2 is 1.86 bits per heavy atom. The Morgan fingerprint density at radius 1 is 1.10 bits per heavy atom. The predicted molar refractivity (Wildman–Crippen MR) is 105 cm³/mol. The van der Waals surface area contributed by atoms with Crippen LogP contribution in [0, 0.1) is 0 Å². The van der Waals surface area contributed by atoms with E-state index in [1.54, 1.807) is 37.6 Å². The van der Waals surface area contributed by atoms with E-state index in [0.717, 1.165) is 22.8 Å². The minimum Gasteiger partial charge on any atom is -0.497 e. The SMILES string of the molecule is COc1ccc(C(NC(=O)c2ccc(-n3cnnn3)cc2)c2nccn2C)cc1. The standard InChI is InChI=1S/C20H19N7O2/c1-26-12-11-21-19(26)18(14-5-9-17(29-2)10-6-14)23-20(28)15-3-7-16(8-4-15)27-13-22-24-25-27/h3-13,18H,1-2H3,(H,23,28).